The molecule has 1 aromatic heterocycles. The standard InChI is InChI=1S/C20H19FN2O2S/c1-12(2)13-3-5-14(6-4-13)19-17(11-18(24)25)26-20(23-19)22-16-9-7-15(21)8-10-16/h3-10,12H,11H2,1-2H3,(H,22,23)(H,24,25). The highest BCUT2D eigenvalue weighted by Crippen LogP contribution is 2.33. The molecule has 0 aliphatic heterocycles. The highest BCUT2D eigenvalue weighted by molar-refractivity contribution is 7.16. The number of rotatable bonds is 6. The van der Waals surface area contributed by atoms with E-state index < -0.39 is 5.97 Å². The van der Waals surface area contributed by atoms with Crippen molar-refractivity contribution in [2.45, 2.75) is 26.2 Å². The number of hydrogen-bond donors (Lipinski definition) is 2. The maximum atomic E-state index is 13.0. The Kier molecular flexibility index (Phi) is 5.32. The van der Waals surface area contributed by atoms with Crippen LogP contribution in [0.5, 0.6) is 0 Å². The largest absolute Gasteiger partial charge is 0.481 e. The van der Waals surface area contributed by atoms with Gasteiger partial charge in [-0.15, -0.1) is 11.3 Å². The minimum atomic E-state index is -0.901. The summed E-state index contributed by atoms with van der Waals surface area (Å²) < 4.78 is 13.0. The number of hydrogen-bond acceptors (Lipinski definition) is 4. The van der Waals surface area contributed by atoms with E-state index in [0.29, 0.717) is 27.3 Å². The monoisotopic (exact) mass is 370 g/mol. The summed E-state index contributed by atoms with van der Waals surface area (Å²) in [6.07, 6.45) is -0.0932. The first-order valence-corrected chi connectivity index (χ1v) is 9.08. The molecule has 26 heavy (non-hydrogen) atoms. The SMILES string of the molecule is CC(C)c1ccc(-c2nc(Nc3ccc(F)cc3)sc2CC(=O)O)cc1. The van der Waals surface area contributed by atoms with E-state index in [1.165, 1.54) is 29.0 Å². The van der Waals surface area contributed by atoms with Crippen LogP contribution in [0.25, 0.3) is 11.3 Å². The number of halogens is 1. The summed E-state index contributed by atoms with van der Waals surface area (Å²) in [5.74, 6) is -0.789. The van der Waals surface area contributed by atoms with Gasteiger partial charge in [0.25, 0.3) is 0 Å². The Morgan fingerprint density at radius 3 is 2.38 bits per heavy atom. The number of carboxylic acid groups (broad SMARTS) is 1. The molecule has 6 heteroatoms. The molecule has 0 aliphatic rings. The quantitative estimate of drug-likeness (QED) is 0.606. The molecule has 2 aromatic carbocycles. The first-order valence-electron chi connectivity index (χ1n) is 8.27. The predicted octanol–water partition coefficient (Wildman–Crippen LogP) is 5.44. The molecule has 0 amide bonds. The van der Waals surface area contributed by atoms with E-state index in [2.05, 4.69) is 24.1 Å². The van der Waals surface area contributed by atoms with Crippen LogP contribution >= 0.6 is 11.3 Å². The van der Waals surface area contributed by atoms with Crippen molar-refractivity contribution >= 4 is 28.1 Å². The van der Waals surface area contributed by atoms with Gasteiger partial charge in [-0.05, 0) is 35.7 Å². The van der Waals surface area contributed by atoms with E-state index >= 15 is 0 Å². The lowest BCUT2D eigenvalue weighted by atomic mass is 10.0. The van der Waals surface area contributed by atoms with Crippen LogP contribution in [0.4, 0.5) is 15.2 Å². The zero-order chi connectivity index (χ0) is 18.7. The van der Waals surface area contributed by atoms with Crippen LogP contribution in [0.2, 0.25) is 0 Å². The van der Waals surface area contributed by atoms with Crippen LogP contribution in [0, 0.1) is 5.82 Å². The van der Waals surface area contributed by atoms with Gasteiger partial charge in [0.2, 0.25) is 0 Å². The van der Waals surface area contributed by atoms with Gasteiger partial charge in [0, 0.05) is 16.1 Å². The van der Waals surface area contributed by atoms with Gasteiger partial charge in [0.1, 0.15) is 5.82 Å². The molecule has 0 bridgehead atoms. The van der Waals surface area contributed by atoms with Crippen LogP contribution in [0.15, 0.2) is 48.5 Å². The van der Waals surface area contributed by atoms with Gasteiger partial charge in [-0.1, -0.05) is 38.1 Å². The summed E-state index contributed by atoms with van der Waals surface area (Å²) in [6, 6.07) is 14.0. The Labute approximate surface area is 155 Å². The van der Waals surface area contributed by atoms with E-state index in [1.54, 1.807) is 12.1 Å². The maximum absolute atomic E-state index is 13.0. The summed E-state index contributed by atoms with van der Waals surface area (Å²) in [4.78, 5) is 16.5. The van der Waals surface area contributed by atoms with Crippen LogP contribution in [0.1, 0.15) is 30.2 Å². The molecule has 1 heterocycles. The third-order valence-corrected chi connectivity index (χ3v) is 4.93. The summed E-state index contributed by atoms with van der Waals surface area (Å²) in [7, 11) is 0. The fraction of sp³-hybridized carbons (Fsp3) is 0.200. The Bertz CT molecular complexity index is 903. The molecule has 3 aromatic rings. The van der Waals surface area contributed by atoms with E-state index in [0.717, 1.165) is 5.56 Å². The van der Waals surface area contributed by atoms with E-state index in [9.17, 15) is 14.3 Å². The van der Waals surface area contributed by atoms with Crippen molar-refractivity contribution in [3.63, 3.8) is 0 Å². The molecule has 0 saturated carbocycles. The number of benzene rings is 2. The van der Waals surface area contributed by atoms with Crippen molar-refractivity contribution in [3.8, 4) is 11.3 Å². The third-order valence-electron chi connectivity index (χ3n) is 3.96. The molecule has 0 aliphatic carbocycles. The molecule has 0 spiro atoms. The van der Waals surface area contributed by atoms with E-state index in [1.807, 2.05) is 24.3 Å². The fourth-order valence-electron chi connectivity index (χ4n) is 2.57. The van der Waals surface area contributed by atoms with Gasteiger partial charge >= 0.3 is 5.97 Å². The van der Waals surface area contributed by atoms with Crippen LogP contribution in [-0.2, 0) is 11.2 Å². The predicted molar refractivity (Wildman–Crippen MR) is 103 cm³/mol. The maximum Gasteiger partial charge on any atom is 0.308 e. The number of nitrogens with one attached hydrogen (secondary N) is 1. The Hall–Kier alpha value is -2.73. The number of carboxylic acids is 1. The lowest BCUT2D eigenvalue weighted by Crippen LogP contribution is -1.99. The number of thiazole rings is 1. The number of aromatic nitrogens is 1. The molecule has 0 unspecified atom stereocenters. The lowest BCUT2D eigenvalue weighted by molar-refractivity contribution is -0.136. The van der Waals surface area contributed by atoms with Crippen LogP contribution in [0.3, 0.4) is 0 Å². The zero-order valence-corrected chi connectivity index (χ0v) is 15.3. The molecule has 0 radical (unpaired) electrons. The molecular weight excluding hydrogens is 351 g/mol. The van der Waals surface area contributed by atoms with Gasteiger partial charge < -0.3 is 10.4 Å². The third kappa shape index (κ3) is 4.26. The first-order chi connectivity index (χ1) is 12.4. The van der Waals surface area contributed by atoms with Gasteiger partial charge in [0.05, 0.1) is 12.1 Å². The second-order valence-electron chi connectivity index (χ2n) is 6.27. The topological polar surface area (TPSA) is 62.2 Å². The number of nitrogens with zero attached hydrogens (tertiary/aromatic N) is 1. The highest BCUT2D eigenvalue weighted by atomic mass is 32.1. The van der Waals surface area contributed by atoms with Crippen molar-refractivity contribution in [1.29, 1.82) is 0 Å². The number of carbonyl (C=O) groups is 1. The Morgan fingerprint density at radius 2 is 1.81 bits per heavy atom. The second-order valence-corrected chi connectivity index (χ2v) is 7.35. The van der Waals surface area contributed by atoms with Crippen molar-refractivity contribution in [2.24, 2.45) is 0 Å². The molecular formula is C20H19FN2O2S. The van der Waals surface area contributed by atoms with Gasteiger partial charge in [-0.2, -0.15) is 0 Å². The van der Waals surface area contributed by atoms with Crippen molar-refractivity contribution in [1.82, 2.24) is 4.98 Å². The minimum absolute atomic E-state index is 0.0932. The summed E-state index contributed by atoms with van der Waals surface area (Å²) >= 11 is 1.30. The van der Waals surface area contributed by atoms with Gasteiger partial charge in [-0.3, -0.25) is 4.79 Å². The summed E-state index contributed by atoms with van der Waals surface area (Å²) in [6.45, 7) is 4.25. The Morgan fingerprint density at radius 1 is 1.15 bits per heavy atom. The van der Waals surface area contributed by atoms with Crippen molar-refractivity contribution in [2.75, 3.05) is 5.32 Å². The van der Waals surface area contributed by atoms with Gasteiger partial charge in [0.15, 0.2) is 5.13 Å². The smallest absolute Gasteiger partial charge is 0.308 e. The molecule has 4 nitrogen and oxygen atoms in total. The van der Waals surface area contributed by atoms with Crippen LogP contribution in [-0.4, -0.2) is 16.1 Å². The lowest BCUT2D eigenvalue weighted by Gasteiger charge is -2.06. The number of anilines is 2. The normalized spacial score (nSPS) is 10.9. The van der Waals surface area contributed by atoms with Crippen molar-refractivity contribution in [3.05, 3.63) is 64.8 Å². The highest BCUT2D eigenvalue weighted by Gasteiger charge is 2.16. The Balaban J connectivity index is 1.93. The molecule has 134 valence electrons. The number of aliphatic carboxylic acids is 1. The molecule has 3 rings (SSSR count). The molecule has 0 saturated heterocycles. The van der Waals surface area contributed by atoms with E-state index in [4.69, 9.17) is 0 Å². The van der Waals surface area contributed by atoms with E-state index in [-0.39, 0.29) is 12.2 Å². The summed E-state index contributed by atoms with van der Waals surface area (Å²) in [5, 5.41) is 12.9. The average molecular weight is 370 g/mol. The molecule has 0 atom stereocenters. The zero-order valence-electron chi connectivity index (χ0n) is 14.5. The van der Waals surface area contributed by atoms with Crippen molar-refractivity contribution < 1.29 is 14.3 Å². The first kappa shape index (κ1) is 18.1. The summed E-state index contributed by atoms with van der Waals surface area (Å²) in [5.41, 5.74) is 3.46. The second kappa shape index (κ2) is 7.66. The van der Waals surface area contributed by atoms with Gasteiger partial charge in [-0.25, -0.2) is 9.37 Å². The molecule has 0 fully saturated rings. The molecule has 2 N–H and O–H groups in total. The minimum Gasteiger partial charge on any atom is -0.481 e. The van der Waals surface area contributed by atoms with Crippen LogP contribution < -0.4 is 5.32 Å². The fourth-order valence-corrected chi connectivity index (χ4v) is 3.57. The average Bonchev–Trinajstić information content (AvgIpc) is 2.98.